The van der Waals surface area contributed by atoms with Gasteiger partial charge in [0.2, 0.25) is 0 Å². The molecular weight excluding hydrogens is 313 g/mol. The Bertz CT molecular complexity index is 642. The third-order valence-corrected chi connectivity index (χ3v) is 5.35. The Morgan fingerprint density at radius 3 is 2.78 bits per heavy atom. The Morgan fingerprint density at radius 2 is 2.09 bits per heavy atom. The summed E-state index contributed by atoms with van der Waals surface area (Å²) >= 11 is 1.70. The Kier molecular flexibility index (Phi) is 5.30. The number of hydrogen-bond acceptors (Lipinski definition) is 5. The number of hydrogen-bond donors (Lipinski definition) is 1. The molecule has 2 aromatic rings. The molecule has 2 heterocycles. The second-order valence-electron chi connectivity index (χ2n) is 5.65. The van der Waals surface area contributed by atoms with Crippen molar-refractivity contribution in [2.75, 3.05) is 18.8 Å². The first-order valence-electron chi connectivity index (χ1n) is 8.00. The van der Waals surface area contributed by atoms with Crippen LogP contribution in [-0.4, -0.2) is 44.5 Å². The lowest BCUT2D eigenvalue weighted by atomic mass is 10.2. The van der Waals surface area contributed by atoms with Crippen LogP contribution in [0.1, 0.15) is 25.6 Å². The van der Waals surface area contributed by atoms with Crippen molar-refractivity contribution < 1.29 is 4.39 Å². The summed E-state index contributed by atoms with van der Waals surface area (Å²) in [6.07, 6.45) is 2.49. The van der Waals surface area contributed by atoms with Gasteiger partial charge in [-0.1, -0.05) is 18.7 Å². The number of thioether (sulfide) groups is 1. The molecule has 0 spiro atoms. The maximum Gasteiger partial charge on any atom is 0.195 e. The van der Waals surface area contributed by atoms with Gasteiger partial charge < -0.3 is 5.73 Å². The number of rotatable bonds is 6. The summed E-state index contributed by atoms with van der Waals surface area (Å²) in [7, 11) is 0. The topological polar surface area (TPSA) is 60.0 Å². The van der Waals surface area contributed by atoms with Gasteiger partial charge in [0.05, 0.1) is 6.54 Å². The molecule has 7 heteroatoms. The molecule has 3 rings (SSSR count). The highest BCUT2D eigenvalue weighted by Crippen LogP contribution is 2.27. The highest BCUT2D eigenvalue weighted by atomic mass is 32.2. The van der Waals surface area contributed by atoms with E-state index in [9.17, 15) is 4.39 Å². The van der Waals surface area contributed by atoms with Gasteiger partial charge in [-0.05, 0) is 50.2 Å². The molecule has 0 unspecified atom stereocenters. The second kappa shape index (κ2) is 7.42. The molecule has 1 aliphatic rings. The van der Waals surface area contributed by atoms with Gasteiger partial charge in [-0.25, -0.2) is 4.39 Å². The number of likely N-dealkylation sites (tertiary alicyclic amines) is 1. The van der Waals surface area contributed by atoms with E-state index in [-0.39, 0.29) is 5.82 Å². The molecule has 0 saturated carbocycles. The predicted molar refractivity (Wildman–Crippen MR) is 90.2 cm³/mol. The Labute approximate surface area is 140 Å². The van der Waals surface area contributed by atoms with Crippen molar-refractivity contribution >= 4 is 11.8 Å². The van der Waals surface area contributed by atoms with Crippen molar-refractivity contribution in [2.24, 2.45) is 5.73 Å². The Morgan fingerprint density at radius 1 is 1.30 bits per heavy atom. The van der Waals surface area contributed by atoms with E-state index in [4.69, 9.17) is 5.73 Å². The van der Waals surface area contributed by atoms with Crippen LogP contribution in [0.4, 0.5) is 4.39 Å². The van der Waals surface area contributed by atoms with Gasteiger partial charge in [0, 0.05) is 17.5 Å². The van der Waals surface area contributed by atoms with Crippen molar-refractivity contribution in [3.63, 3.8) is 0 Å². The highest BCUT2D eigenvalue weighted by molar-refractivity contribution is 7.99. The summed E-state index contributed by atoms with van der Waals surface area (Å²) < 4.78 is 15.1. The third-order valence-electron chi connectivity index (χ3n) is 4.28. The molecule has 2 N–H and O–H groups in total. The lowest BCUT2D eigenvalue weighted by Crippen LogP contribution is -2.31. The average molecular weight is 335 g/mol. The molecule has 1 aromatic heterocycles. The number of benzene rings is 1. The smallest absolute Gasteiger partial charge is 0.195 e. The largest absolute Gasteiger partial charge is 0.324 e. The summed E-state index contributed by atoms with van der Waals surface area (Å²) in [5.74, 6) is 1.42. The van der Waals surface area contributed by atoms with Crippen molar-refractivity contribution in [3.8, 4) is 5.69 Å². The zero-order chi connectivity index (χ0) is 16.2. The molecule has 1 saturated heterocycles. The van der Waals surface area contributed by atoms with Crippen molar-refractivity contribution in [2.45, 2.75) is 37.5 Å². The van der Waals surface area contributed by atoms with E-state index >= 15 is 0 Å². The summed E-state index contributed by atoms with van der Waals surface area (Å²) in [6, 6.07) is 6.94. The first-order valence-corrected chi connectivity index (χ1v) is 8.98. The lowest BCUT2D eigenvalue weighted by Gasteiger charge is -2.22. The number of nitrogens with zero attached hydrogens (tertiary/aromatic N) is 4. The quantitative estimate of drug-likeness (QED) is 0.822. The van der Waals surface area contributed by atoms with Crippen LogP contribution in [0, 0.1) is 5.82 Å². The minimum Gasteiger partial charge on any atom is -0.324 e. The molecule has 23 heavy (non-hydrogen) atoms. The van der Waals surface area contributed by atoms with E-state index in [1.807, 2.05) is 4.57 Å². The van der Waals surface area contributed by atoms with Crippen molar-refractivity contribution in [3.05, 3.63) is 35.9 Å². The predicted octanol–water partition coefficient (Wildman–Crippen LogP) is 2.44. The number of aromatic nitrogens is 3. The molecule has 5 nitrogen and oxygen atoms in total. The van der Waals surface area contributed by atoms with E-state index in [0.717, 1.165) is 23.1 Å². The van der Waals surface area contributed by atoms with Crippen LogP contribution in [0.2, 0.25) is 0 Å². The van der Waals surface area contributed by atoms with Gasteiger partial charge in [0.15, 0.2) is 11.0 Å². The molecule has 1 aromatic carbocycles. The fourth-order valence-corrected chi connectivity index (χ4v) is 4.20. The normalized spacial score (nSPS) is 18.7. The summed E-state index contributed by atoms with van der Waals surface area (Å²) in [4.78, 5) is 2.51. The third kappa shape index (κ3) is 3.57. The summed E-state index contributed by atoms with van der Waals surface area (Å²) in [5, 5.41) is 9.28. The summed E-state index contributed by atoms with van der Waals surface area (Å²) in [6.45, 7) is 4.77. The van der Waals surface area contributed by atoms with Crippen molar-refractivity contribution in [1.82, 2.24) is 19.7 Å². The fraction of sp³-hybridized carbons (Fsp3) is 0.500. The van der Waals surface area contributed by atoms with E-state index in [1.54, 1.807) is 23.9 Å². The van der Waals surface area contributed by atoms with E-state index in [1.165, 1.54) is 31.5 Å². The number of halogens is 1. The minimum absolute atomic E-state index is 0.255. The van der Waals surface area contributed by atoms with Gasteiger partial charge in [-0.15, -0.1) is 10.2 Å². The fourth-order valence-electron chi connectivity index (χ4n) is 3.05. The van der Waals surface area contributed by atoms with Crippen LogP contribution < -0.4 is 5.73 Å². The van der Waals surface area contributed by atoms with Gasteiger partial charge in [0.25, 0.3) is 0 Å². The van der Waals surface area contributed by atoms with Gasteiger partial charge in [-0.3, -0.25) is 9.47 Å². The lowest BCUT2D eigenvalue weighted by molar-refractivity contribution is 0.287. The van der Waals surface area contributed by atoms with Crippen LogP contribution in [0.3, 0.4) is 0 Å². The molecule has 0 radical (unpaired) electrons. The first-order chi connectivity index (χ1) is 11.2. The standard InChI is InChI=1S/C16H22FN5S/c1-2-21-9-3-4-14(21)11-23-16-20-19-15(10-18)22(16)13-7-5-12(17)6-8-13/h5-8,14H,2-4,9-11,18H2,1H3/t14-/m0/s1. The molecule has 124 valence electrons. The van der Waals surface area contributed by atoms with Crippen LogP contribution >= 0.6 is 11.8 Å². The zero-order valence-electron chi connectivity index (χ0n) is 13.3. The Balaban J connectivity index is 1.79. The van der Waals surface area contributed by atoms with Crippen LogP contribution in [0.25, 0.3) is 5.69 Å². The van der Waals surface area contributed by atoms with E-state index in [2.05, 4.69) is 22.0 Å². The van der Waals surface area contributed by atoms with Gasteiger partial charge >= 0.3 is 0 Å². The van der Waals surface area contributed by atoms with Crippen LogP contribution in [0.15, 0.2) is 29.4 Å². The maximum atomic E-state index is 13.2. The minimum atomic E-state index is -0.255. The molecule has 0 amide bonds. The zero-order valence-corrected chi connectivity index (χ0v) is 14.1. The SMILES string of the molecule is CCN1CCC[C@H]1CSc1nnc(CN)n1-c1ccc(F)cc1. The number of nitrogens with two attached hydrogens (primary N) is 1. The molecule has 0 bridgehead atoms. The first kappa shape index (κ1) is 16.4. The van der Waals surface area contributed by atoms with Gasteiger partial charge in [-0.2, -0.15) is 0 Å². The van der Waals surface area contributed by atoms with E-state index < -0.39 is 0 Å². The molecule has 1 atom stereocenters. The molecule has 0 aliphatic carbocycles. The average Bonchev–Trinajstić information content (AvgIpc) is 3.19. The van der Waals surface area contributed by atoms with E-state index in [0.29, 0.717) is 18.4 Å². The van der Waals surface area contributed by atoms with Crippen LogP contribution in [0.5, 0.6) is 0 Å². The maximum absolute atomic E-state index is 13.2. The second-order valence-corrected chi connectivity index (χ2v) is 6.64. The van der Waals surface area contributed by atoms with Crippen molar-refractivity contribution in [1.29, 1.82) is 0 Å². The molecule has 1 fully saturated rings. The van der Waals surface area contributed by atoms with Crippen LogP contribution in [-0.2, 0) is 6.54 Å². The van der Waals surface area contributed by atoms with Gasteiger partial charge in [0.1, 0.15) is 5.82 Å². The monoisotopic (exact) mass is 335 g/mol. The summed E-state index contributed by atoms with van der Waals surface area (Å²) in [5.41, 5.74) is 6.62. The molecular formula is C16H22FN5S. The highest BCUT2D eigenvalue weighted by Gasteiger charge is 2.24. The molecule has 1 aliphatic heterocycles. The Hall–Kier alpha value is -1.44.